The molecule has 1 aromatic heterocycles. The first-order chi connectivity index (χ1) is 7.33. The van der Waals surface area contributed by atoms with Crippen LogP contribution in [0.4, 0.5) is 4.39 Å². The lowest BCUT2D eigenvalue weighted by molar-refractivity contribution is 0.397. The molecule has 0 spiro atoms. The summed E-state index contributed by atoms with van der Waals surface area (Å²) in [5.41, 5.74) is 0.801. The largest absolute Gasteiger partial charge is 0.497 e. The molecule has 0 bridgehead atoms. The normalized spacial score (nSPS) is 10.3. The Hall–Kier alpha value is -1.84. The van der Waals surface area contributed by atoms with Gasteiger partial charge in [-0.3, -0.25) is 0 Å². The molecule has 1 aromatic carbocycles. The Morgan fingerprint density at radius 2 is 2.07 bits per heavy atom. The monoisotopic (exact) mass is 207 g/mol. The Labute approximate surface area is 86.5 Å². The number of hydrogen-bond donors (Lipinski definition) is 0. The zero-order valence-electron chi connectivity index (χ0n) is 8.24. The zero-order valence-corrected chi connectivity index (χ0v) is 8.24. The molecule has 0 radical (unpaired) electrons. The minimum absolute atomic E-state index is 0.237. The Bertz CT molecular complexity index is 436. The molecule has 2 rings (SSSR count). The molecule has 0 amide bonds. The van der Waals surface area contributed by atoms with Gasteiger partial charge in [0.15, 0.2) is 5.76 Å². The third-order valence-corrected chi connectivity index (χ3v) is 2.02. The van der Waals surface area contributed by atoms with Crippen molar-refractivity contribution in [1.29, 1.82) is 0 Å². The molecular weight excluding hydrogens is 197 g/mol. The molecule has 0 unspecified atom stereocenters. The van der Waals surface area contributed by atoms with Crippen LogP contribution in [0.3, 0.4) is 0 Å². The molecule has 0 atom stereocenters. The van der Waals surface area contributed by atoms with Crippen LogP contribution in [-0.2, 0) is 6.67 Å². The molecule has 4 heteroatoms. The summed E-state index contributed by atoms with van der Waals surface area (Å²) < 4.78 is 22.4. The number of benzene rings is 1. The molecule has 0 aliphatic carbocycles. The third kappa shape index (κ3) is 1.98. The summed E-state index contributed by atoms with van der Waals surface area (Å²) >= 11 is 0. The van der Waals surface area contributed by atoms with Crippen LogP contribution in [0.15, 0.2) is 34.9 Å². The lowest BCUT2D eigenvalue weighted by atomic mass is 10.2. The van der Waals surface area contributed by atoms with Gasteiger partial charge in [-0.15, -0.1) is 0 Å². The van der Waals surface area contributed by atoms with Gasteiger partial charge in [-0.1, -0.05) is 0 Å². The first-order valence-electron chi connectivity index (χ1n) is 4.48. The number of methoxy groups -OCH3 is 1. The van der Waals surface area contributed by atoms with Gasteiger partial charge in [0.25, 0.3) is 0 Å². The van der Waals surface area contributed by atoms with Crippen molar-refractivity contribution >= 4 is 0 Å². The van der Waals surface area contributed by atoms with E-state index in [9.17, 15) is 4.39 Å². The van der Waals surface area contributed by atoms with Crippen molar-refractivity contribution in [1.82, 2.24) is 4.98 Å². The Balaban J connectivity index is 2.28. The second-order valence-electron chi connectivity index (χ2n) is 2.99. The topological polar surface area (TPSA) is 35.3 Å². The molecule has 0 aliphatic rings. The molecule has 1 heterocycles. The van der Waals surface area contributed by atoms with E-state index in [0.29, 0.717) is 5.89 Å². The molecule has 0 fully saturated rings. The van der Waals surface area contributed by atoms with Crippen LogP contribution < -0.4 is 4.74 Å². The fourth-order valence-corrected chi connectivity index (χ4v) is 1.24. The van der Waals surface area contributed by atoms with Crippen molar-refractivity contribution in [3.05, 3.63) is 36.2 Å². The summed E-state index contributed by atoms with van der Waals surface area (Å²) in [5, 5.41) is 0. The maximum Gasteiger partial charge on any atom is 0.226 e. The fourth-order valence-electron chi connectivity index (χ4n) is 1.24. The molecule has 3 nitrogen and oxygen atoms in total. The van der Waals surface area contributed by atoms with Gasteiger partial charge in [0.2, 0.25) is 5.89 Å². The first kappa shape index (κ1) is 9.71. The molecular formula is C11H10FNO2. The highest BCUT2D eigenvalue weighted by Crippen LogP contribution is 2.22. The van der Waals surface area contributed by atoms with Crippen molar-refractivity contribution < 1.29 is 13.5 Å². The number of rotatable bonds is 3. The van der Waals surface area contributed by atoms with Gasteiger partial charge in [-0.05, 0) is 24.3 Å². The van der Waals surface area contributed by atoms with Crippen LogP contribution in [0.2, 0.25) is 0 Å². The smallest absolute Gasteiger partial charge is 0.226 e. The maximum atomic E-state index is 12.2. The Morgan fingerprint density at radius 1 is 1.33 bits per heavy atom. The molecule has 78 valence electrons. The van der Waals surface area contributed by atoms with Crippen molar-refractivity contribution in [2.75, 3.05) is 7.11 Å². The Kier molecular flexibility index (Phi) is 2.67. The highest BCUT2D eigenvalue weighted by Gasteiger charge is 2.05. The lowest BCUT2D eigenvalue weighted by Gasteiger charge is -1.99. The standard InChI is InChI=1S/C11H10FNO2/c1-14-9-4-2-8(3-5-9)11-13-7-10(6-12)15-11/h2-5,7H,6H2,1H3. The maximum absolute atomic E-state index is 12.2. The number of oxazole rings is 1. The average molecular weight is 207 g/mol. The predicted molar refractivity (Wildman–Crippen MR) is 53.3 cm³/mol. The van der Waals surface area contributed by atoms with E-state index in [1.165, 1.54) is 6.20 Å². The van der Waals surface area contributed by atoms with E-state index < -0.39 is 6.67 Å². The van der Waals surface area contributed by atoms with Gasteiger partial charge in [-0.2, -0.15) is 0 Å². The van der Waals surface area contributed by atoms with Crippen LogP contribution >= 0.6 is 0 Å². The van der Waals surface area contributed by atoms with Crippen molar-refractivity contribution in [3.63, 3.8) is 0 Å². The number of hydrogen-bond acceptors (Lipinski definition) is 3. The van der Waals surface area contributed by atoms with Gasteiger partial charge in [0.1, 0.15) is 12.4 Å². The number of nitrogens with zero attached hydrogens (tertiary/aromatic N) is 1. The van der Waals surface area contributed by atoms with Gasteiger partial charge in [0.05, 0.1) is 13.3 Å². The number of ether oxygens (including phenoxy) is 1. The van der Waals surface area contributed by atoms with Gasteiger partial charge in [-0.25, -0.2) is 9.37 Å². The highest BCUT2D eigenvalue weighted by atomic mass is 19.1. The molecule has 0 saturated heterocycles. The van der Waals surface area contributed by atoms with E-state index in [4.69, 9.17) is 9.15 Å². The number of halogens is 1. The van der Waals surface area contributed by atoms with E-state index >= 15 is 0 Å². The number of aromatic nitrogens is 1. The quantitative estimate of drug-likeness (QED) is 0.776. The van der Waals surface area contributed by atoms with E-state index in [-0.39, 0.29) is 5.76 Å². The van der Waals surface area contributed by atoms with Crippen molar-refractivity contribution in [2.45, 2.75) is 6.67 Å². The van der Waals surface area contributed by atoms with Gasteiger partial charge >= 0.3 is 0 Å². The van der Waals surface area contributed by atoms with E-state index in [1.807, 2.05) is 12.1 Å². The third-order valence-electron chi connectivity index (χ3n) is 2.02. The fraction of sp³-hybridized carbons (Fsp3) is 0.182. The molecule has 2 aromatic rings. The highest BCUT2D eigenvalue weighted by molar-refractivity contribution is 5.54. The summed E-state index contributed by atoms with van der Waals surface area (Å²) in [5.74, 6) is 1.42. The van der Waals surface area contributed by atoms with Gasteiger partial charge < -0.3 is 9.15 Å². The minimum atomic E-state index is -0.636. The molecule has 15 heavy (non-hydrogen) atoms. The lowest BCUT2D eigenvalue weighted by Crippen LogP contribution is -1.82. The summed E-state index contributed by atoms with van der Waals surface area (Å²) in [6, 6.07) is 7.22. The molecule has 0 N–H and O–H groups in total. The van der Waals surface area contributed by atoms with E-state index in [1.54, 1.807) is 19.2 Å². The second kappa shape index (κ2) is 4.13. The van der Waals surface area contributed by atoms with Crippen LogP contribution in [0.25, 0.3) is 11.5 Å². The minimum Gasteiger partial charge on any atom is -0.497 e. The Morgan fingerprint density at radius 3 is 2.60 bits per heavy atom. The van der Waals surface area contributed by atoms with E-state index in [0.717, 1.165) is 11.3 Å². The molecule has 0 saturated carbocycles. The van der Waals surface area contributed by atoms with Crippen LogP contribution in [0.1, 0.15) is 5.76 Å². The average Bonchev–Trinajstić information content (AvgIpc) is 2.78. The summed E-state index contributed by atoms with van der Waals surface area (Å²) in [6.45, 7) is -0.636. The zero-order chi connectivity index (χ0) is 10.7. The van der Waals surface area contributed by atoms with Gasteiger partial charge in [0, 0.05) is 5.56 Å². The van der Waals surface area contributed by atoms with Crippen LogP contribution in [-0.4, -0.2) is 12.1 Å². The summed E-state index contributed by atoms with van der Waals surface area (Å²) in [6.07, 6.45) is 1.39. The van der Waals surface area contributed by atoms with Crippen molar-refractivity contribution in [2.24, 2.45) is 0 Å². The van der Waals surface area contributed by atoms with Crippen LogP contribution in [0, 0.1) is 0 Å². The summed E-state index contributed by atoms with van der Waals surface area (Å²) in [7, 11) is 1.60. The predicted octanol–water partition coefficient (Wildman–Crippen LogP) is 2.82. The molecule has 0 aliphatic heterocycles. The SMILES string of the molecule is COc1ccc(-c2ncc(CF)o2)cc1. The first-order valence-corrected chi connectivity index (χ1v) is 4.48. The summed E-state index contributed by atoms with van der Waals surface area (Å²) in [4.78, 5) is 3.97. The number of alkyl halides is 1. The van der Waals surface area contributed by atoms with Crippen LogP contribution in [0.5, 0.6) is 5.75 Å². The second-order valence-corrected chi connectivity index (χ2v) is 2.99. The van der Waals surface area contributed by atoms with E-state index in [2.05, 4.69) is 4.98 Å². The van der Waals surface area contributed by atoms with Crippen molar-refractivity contribution in [3.8, 4) is 17.2 Å².